The molecule has 0 atom stereocenters. The van der Waals surface area contributed by atoms with Gasteiger partial charge in [0.25, 0.3) is 0 Å². The highest BCUT2D eigenvalue weighted by Crippen LogP contribution is 1.99. The molecule has 5 heteroatoms. The average molecular weight is 201 g/mol. The number of hydrogen-bond donors (Lipinski definition) is 1. The number of carbonyl (C=O) groups is 3. The highest BCUT2D eigenvalue weighted by atomic mass is 16.6. The van der Waals surface area contributed by atoms with Gasteiger partial charge in [-0.15, -0.1) is 0 Å². The van der Waals surface area contributed by atoms with E-state index < -0.39 is 11.9 Å². The lowest BCUT2D eigenvalue weighted by atomic mass is 10.2. The van der Waals surface area contributed by atoms with Crippen LogP contribution in [0.25, 0.3) is 0 Å². The summed E-state index contributed by atoms with van der Waals surface area (Å²) in [7, 11) is 1.59. The average Bonchev–Trinajstić information content (AvgIpc) is 2.13. The summed E-state index contributed by atoms with van der Waals surface area (Å²) in [5, 5.41) is 2.58. The number of carbonyl (C=O) groups excluding carboxylic acids is 3. The van der Waals surface area contributed by atoms with E-state index in [1.54, 1.807) is 7.05 Å². The van der Waals surface area contributed by atoms with Crippen molar-refractivity contribution in [2.75, 3.05) is 13.6 Å². The highest BCUT2D eigenvalue weighted by molar-refractivity contribution is 5.86. The largest absolute Gasteiger partial charge is 0.392 e. The van der Waals surface area contributed by atoms with Crippen LogP contribution in [-0.4, -0.2) is 31.8 Å². The van der Waals surface area contributed by atoms with Crippen LogP contribution in [0.1, 0.15) is 25.7 Å². The minimum atomic E-state index is -0.576. The van der Waals surface area contributed by atoms with Crippen LogP contribution in [-0.2, 0) is 19.1 Å². The summed E-state index contributed by atoms with van der Waals surface area (Å²) in [4.78, 5) is 31.6. The molecule has 0 saturated heterocycles. The molecule has 0 amide bonds. The summed E-state index contributed by atoms with van der Waals surface area (Å²) in [5.41, 5.74) is 0. The molecule has 14 heavy (non-hydrogen) atoms. The maximum Gasteiger partial charge on any atom is 0.327 e. The van der Waals surface area contributed by atoms with Crippen molar-refractivity contribution in [1.29, 1.82) is 0 Å². The number of unbranched alkanes of at least 4 members (excludes halogenated alkanes) is 2. The number of nitrogens with one attached hydrogen (secondary N) is 1. The van der Waals surface area contributed by atoms with Crippen LogP contribution in [0.4, 0.5) is 0 Å². The SMILES string of the molecule is CNCC(=O)OC(=O)CCCCC=O. The Bertz CT molecular complexity index is 203. The van der Waals surface area contributed by atoms with Crippen LogP contribution in [0, 0.1) is 0 Å². The Kier molecular flexibility index (Phi) is 7.64. The Morgan fingerprint density at radius 2 is 2.00 bits per heavy atom. The summed E-state index contributed by atoms with van der Waals surface area (Å²) in [6, 6.07) is 0. The molecule has 0 aromatic heterocycles. The molecule has 1 N–H and O–H groups in total. The van der Waals surface area contributed by atoms with Gasteiger partial charge < -0.3 is 14.8 Å². The Morgan fingerprint density at radius 3 is 2.57 bits per heavy atom. The molecule has 0 aromatic rings. The van der Waals surface area contributed by atoms with Crippen LogP contribution < -0.4 is 5.32 Å². The summed E-state index contributed by atoms with van der Waals surface area (Å²) in [6.07, 6.45) is 2.65. The van der Waals surface area contributed by atoms with Gasteiger partial charge >= 0.3 is 11.9 Å². The normalized spacial score (nSPS) is 9.50. The lowest BCUT2D eigenvalue weighted by Crippen LogP contribution is -2.23. The molecule has 0 aromatic carbocycles. The predicted molar refractivity (Wildman–Crippen MR) is 49.6 cm³/mol. The zero-order valence-electron chi connectivity index (χ0n) is 8.25. The summed E-state index contributed by atoms with van der Waals surface area (Å²) in [6.45, 7) is 0.0279. The number of likely N-dealkylation sites (N-methyl/N-ethyl adjacent to an activating group) is 1. The van der Waals surface area contributed by atoms with Gasteiger partial charge in [-0.3, -0.25) is 9.59 Å². The molecule has 0 saturated carbocycles. The fourth-order valence-corrected chi connectivity index (χ4v) is 0.855. The molecule has 5 nitrogen and oxygen atoms in total. The summed E-state index contributed by atoms with van der Waals surface area (Å²) >= 11 is 0. The van der Waals surface area contributed by atoms with E-state index in [-0.39, 0.29) is 13.0 Å². The van der Waals surface area contributed by atoms with Crippen LogP contribution in [0.2, 0.25) is 0 Å². The lowest BCUT2D eigenvalue weighted by molar-refractivity contribution is -0.159. The van der Waals surface area contributed by atoms with E-state index in [0.717, 1.165) is 6.29 Å². The quantitative estimate of drug-likeness (QED) is 0.272. The fraction of sp³-hybridized carbons (Fsp3) is 0.667. The summed E-state index contributed by atoms with van der Waals surface area (Å²) < 4.78 is 4.44. The fourth-order valence-electron chi connectivity index (χ4n) is 0.855. The molecule has 0 bridgehead atoms. The van der Waals surface area contributed by atoms with Crippen LogP contribution in [0.5, 0.6) is 0 Å². The maximum absolute atomic E-state index is 10.9. The van der Waals surface area contributed by atoms with Crippen molar-refractivity contribution in [3.63, 3.8) is 0 Å². The number of ether oxygens (including phenoxy) is 1. The topological polar surface area (TPSA) is 72.5 Å². The van der Waals surface area contributed by atoms with E-state index in [1.165, 1.54) is 0 Å². The smallest absolute Gasteiger partial charge is 0.327 e. The number of aldehydes is 1. The molecule has 0 rings (SSSR count). The molecule has 0 aliphatic carbocycles. The van der Waals surface area contributed by atoms with Gasteiger partial charge in [0.2, 0.25) is 0 Å². The molecule has 0 heterocycles. The van der Waals surface area contributed by atoms with Gasteiger partial charge in [0.15, 0.2) is 0 Å². The lowest BCUT2D eigenvalue weighted by Gasteiger charge is -2.01. The van der Waals surface area contributed by atoms with Crippen molar-refractivity contribution < 1.29 is 19.1 Å². The number of hydrogen-bond acceptors (Lipinski definition) is 5. The third-order valence-corrected chi connectivity index (χ3v) is 1.50. The Labute approximate surface area is 82.8 Å². The van der Waals surface area contributed by atoms with Crippen molar-refractivity contribution in [2.45, 2.75) is 25.7 Å². The first kappa shape index (κ1) is 12.8. The van der Waals surface area contributed by atoms with E-state index in [1.807, 2.05) is 0 Å². The second kappa shape index (κ2) is 8.37. The minimum absolute atomic E-state index is 0.0279. The monoisotopic (exact) mass is 201 g/mol. The van der Waals surface area contributed by atoms with Crippen molar-refractivity contribution in [2.24, 2.45) is 0 Å². The molecule has 0 spiro atoms. The number of esters is 2. The zero-order valence-corrected chi connectivity index (χ0v) is 8.25. The second-order valence-electron chi connectivity index (χ2n) is 2.79. The van der Waals surface area contributed by atoms with Crippen molar-refractivity contribution in [3.8, 4) is 0 Å². The number of rotatable bonds is 7. The van der Waals surface area contributed by atoms with Gasteiger partial charge in [-0.1, -0.05) is 0 Å². The van der Waals surface area contributed by atoms with Crippen LogP contribution >= 0.6 is 0 Å². The predicted octanol–water partition coefficient (Wildman–Crippen LogP) is 0.0349. The van der Waals surface area contributed by atoms with E-state index in [2.05, 4.69) is 10.1 Å². The molecule has 0 radical (unpaired) electrons. The molecule has 0 aliphatic heterocycles. The minimum Gasteiger partial charge on any atom is -0.392 e. The first-order chi connectivity index (χ1) is 6.70. The first-order valence-corrected chi connectivity index (χ1v) is 4.52. The van der Waals surface area contributed by atoms with Gasteiger partial charge in [0.1, 0.15) is 6.29 Å². The van der Waals surface area contributed by atoms with Gasteiger partial charge in [-0.25, -0.2) is 0 Å². The third kappa shape index (κ3) is 7.42. The van der Waals surface area contributed by atoms with Crippen molar-refractivity contribution >= 4 is 18.2 Å². The third-order valence-electron chi connectivity index (χ3n) is 1.50. The van der Waals surface area contributed by atoms with Crippen molar-refractivity contribution in [3.05, 3.63) is 0 Å². The summed E-state index contributed by atoms with van der Waals surface area (Å²) in [5.74, 6) is -1.11. The van der Waals surface area contributed by atoms with E-state index in [4.69, 9.17) is 0 Å². The van der Waals surface area contributed by atoms with E-state index in [9.17, 15) is 14.4 Å². The van der Waals surface area contributed by atoms with Crippen molar-refractivity contribution in [1.82, 2.24) is 5.32 Å². The highest BCUT2D eigenvalue weighted by Gasteiger charge is 2.08. The second-order valence-corrected chi connectivity index (χ2v) is 2.79. The molecule has 0 fully saturated rings. The molecule has 0 aliphatic rings. The Morgan fingerprint density at radius 1 is 1.29 bits per heavy atom. The van der Waals surface area contributed by atoms with Crippen LogP contribution in [0.15, 0.2) is 0 Å². The van der Waals surface area contributed by atoms with Gasteiger partial charge in [0, 0.05) is 12.8 Å². The van der Waals surface area contributed by atoms with Gasteiger partial charge in [-0.05, 0) is 19.9 Å². The maximum atomic E-state index is 10.9. The van der Waals surface area contributed by atoms with Gasteiger partial charge in [-0.2, -0.15) is 0 Å². The molecular formula is C9H15NO4. The molecular weight excluding hydrogens is 186 g/mol. The first-order valence-electron chi connectivity index (χ1n) is 4.52. The van der Waals surface area contributed by atoms with Crippen LogP contribution in [0.3, 0.4) is 0 Å². The van der Waals surface area contributed by atoms with E-state index >= 15 is 0 Å². The zero-order chi connectivity index (χ0) is 10.8. The Balaban J connectivity index is 3.45. The standard InChI is InChI=1S/C9H15NO4/c1-10-7-9(13)14-8(12)5-3-2-4-6-11/h6,10H,2-5,7H2,1H3. The molecule has 80 valence electrons. The molecule has 0 unspecified atom stereocenters. The Hall–Kier alpha value is -1.23. The van der Waals surface area contributed by atoms with E-state index in [0.29, 0.717) is 19.3 Å². The van der Waals surface area contributed by atoms with Gasteiger partial charge in [0.05, 0.1) is 6.54 Å².